The molecule has 38 heavy (non-hydrogen) atoms. The first-order chi connectivity index (χ1) is 18.2. The van der Waals surface area contributed by atoms with Crippen molar-refractivity contribution >= 4 is 17.6 Å². The van der Waals surface area contributed by atoms with E-state index >= 15 is 0 Å². The van der Waals surface area contributed by atoms with E-state index in [-0.39, 0.29) is 24.3 Å². The first-order valence-electron chi connectivity index (χ1n) is 13.0. The van der Waals surface area contributed by atoms with Crippen molar-refractivity contribution in [2.24, 2.45) is 5.92 Å². The van der Waals surface area contributed by atoms with E-state index in [4.69, 9.17) is 14.2 Å². The Morgan fingerprint density at radius 2 is 1.97 bits per heavy atom. The van der Waals surface area contributed by atoms with E-state index < -0.39 is 35.1 Å². The summed E-state index contributed by atoms with van der Waals surface area (Å²) in [6.07, 6.45) is 7.38. The molecule has 9 nitrogen and oxygen atoms in total. The average molecular weight is 531 g/mol. The van der Waals surface area contributed by atoms with Crippen LogP contribution < -0.4 is 10.1 Å². The molecule has 1 aromatic carbocycles. The Bertz CT molecular complexity index is 1200. The van der Waals surface area contributed by atoms with Crippen LogP contribution in [-0.4, -0.2) is 57.6 Å². The number of carbonyl (C=O) groups is 2. The predicted molar refractivity (Wildman–Crippen MR) is 133 cm³/mol. The summed E-state index contributed by atoms with van der Waals surface area (Å²) in [6, 6.07) is 4.29. The zero-order chi connectivity index (χ0) is 26.9. The molecule has 11 heteroatoms. The molecule has 2 amide bonds. The lowest BCUT2D eigenvalue weighted by molar-refractivity contribution is -0.139. The van der Waals surface area contributed by atoms with Crippen molar-refractivity contribution in [3.05, 3.63) is 53.9 Å². The number of carbonyl (C=O) groups excluding carboxylic acids is 2. The summed E-state index contributed by atoms with van der Waals surface area (Å²) in [5.74, 6) is -3.03. The van der Waals surface area contributed by atoms with E-state index in [2.05, 4.69) is 10.4 Å². The van der Waals surface area contributed by atoms with Crippen LogP contribution in [0.4, 0.5) is 14.6 Å². The monoisotopic (exact) mass is 530 g/mol. The van der Waals surface area contributed by atoms with E-state index in [1.165, 1.54) is 17.0 Å². The summed E-state index contributed by atoms with van der Waals surface area (Å²) >= 11 is 0. The summed E-state index contributed by atoms with van der Waals surface area (Å²) in [4.78, 5) is 27.8. The number of benzene rings is 1. The minimum absolute atomic E-state index is 0.0688. The Hall–Kier alpha value is -3.31. The van der Waals surface area contributed by atoms with Gasteiger partial charge < -0.3 is 24.4 Å². The molecule has 3 aliphatic rings. The molecule has 2 unspecified atom stereocenters. The van der Waals surface area contributed by atoms with Crippen LogP contribution in [0.3, 0.4) is 0 Å². The van der Waals surface area contributed by atoms with Gasteiger partial charge in [-0.25, -0.2) is 8.78 Å². The molecule has 1 saturated heterocycles. The van der Waals surface area contributed by atoms with Crippen molar-refractivity contribution in [1.82, 2.24) is 14.7 Å². The molecule has 0 radical (unpaired) electrons. The van der Waals surface area contributed by atoms with Gasteiger partial charge in [-0.2, -0.15) is 5.10 Å². The van der Waals surface area contributed by atoms with Crippen LogP contribution in [0.1, 0.15) is 46.0 Å². The number of ether oxygens (including phenoxy) is 3. The highest BCUT2D eigenvalue weighted by molar-refractivity contribution is 5.99. The number of nitrogens with one attached hydrogen (secondary N) is 1. The van der Waals surface area contributed by atoms with Crippen molar-refractivity contribution in [1.29, 1.82) is 0 Å². The molecule has 2 aromatic rings. The smallest absolute Gasteiger partial charge is 0.251 e. The SMILES string of the molecule is CC1(C)OCC(Cn2ccc(NC(=O)C(CC3CCCC3)N3CC(Oc4c(F)cccc4F)=CC3=O)n2)O1. The van der Waals surface area contributed by atoms with Gasteiger partial charge in [0.05, 0.1) is 19.7 Å². The molecule has 0 spiro atoms. The number of anilines is 1. The van der Waals surface area contributed by atoms with Crippen LogP contribution >= 0.6 is 0 Å². The van der Waals surface area contributed by atoms with Crippen LogP contribution in [0.5, 0.6) is 5.75 Å². The van der Waals surface area contributed by atoms with Gasteiger partial charge in [0.2, 0.25) is 5.91 Å². The highest BCUT2D eigenvalue weighted by atomic mass is 19.1. The van der Waals surface area contributed by atoms with Gasteiger partial charge in [-0.15, -0.1) is 0 Å². The van der Waals surface area contributed by atoms with Crippen molar-refractivity contribution in [2.45, 2.75) is 70.4 Å². The van der Waals surface area contributed by atoms with E-state index in [0.29, 0.717) is 31.3 Å². The Balaban J connectivity index is 1.26. The predicted octanol–water partition coefficient (Wildman–Crippen LogP) is 4.01. The third-order valence-corrected chi connectivity index (χ3v) is 7.11. The lowest BCUT2D eigenvalue weighted by Gasteiger charge is -2.29. The quantitative estimate of drug-likeness (QED) is 0.527. The maximum atomic E-state index is 14.1. The van der Waals surface area contributed by atoms with E-state index in [0.717, 1.165) is 37.8 Å². The summed E-state index contributed by atoms with van der Waals surface area (Å²) < 4.78 is 46.7. The molecule has 1 N–H and O–H groups in total. The molecule has 5 rings (SSSR count). The largest absolute Gasteiger partial charge is 0.453 e. The van der Waals surface area contributed by atoms with Gasteiger partial charge in [0.15, 0.2) is 29.0 Å². The lowest BCUT2D eigenvalue weighted by Crippen LogP contribution is -2.46. The molecule has 2 aliphatic heterocycles. The van der Waals surface area contributed by atoms with E-state index in [1.54, 1.807) is 16.9 Å². The number of halogens is 2. The molecule has 204 valence electrons. The molecule has 0 bridgehead atoms. The van der Waals surface area contributed by atoms with Crippen LogP contribution in [0.25, 0.3) is 0 Å². The second kappa shape index (κ2) is 10.8. The maximum Gasteiger partial charge on any atom is 0.251 e. The fourth-order valence-electron chi connectivity index (χ4n) is 5.29. The van der Waals surface area contributed by atoms with Gasteiger partial charge >= 0.3 is 0 Å². The van der Waals surface area contributed by atoms with Crippen molar-refractivity contribution in [3.63, 3.8) is 0 Å². The highest BCUT2D eigenvalue weighted by Crippen LogP contribution is 2.32. The van der Waals surface area contributed by atoms with Gasteiger partial charge in [-0.1, -0.05) is 31.7 Å². The normalized spacial score (nSPS) is 22.1. The summed E-state index contributed by atoms with van der Waals surface area (Å²) in [7, 11) is 0. The van der Waals surface area contributed by atoms with Gasteiger partial charge in [-0.05, 0) is 38.3 Å². The number of para-hydroxylation sites is 1. The Labute approximate surface area is 219 Å². The van der Waals surface area contributed by atoms with E-state index in [1.807, 2.05) is 13.8 Å². The van der Waals surface area contributed by atoms with Crippen molar-refractivity contribution in [2.75, 3.05) is 18.5 Å². The van der Waals surface area contributed by atoms with Gasteiger partial charge in [-0.3, -0.25) is 14.3 Å². The Morgan fingerprint density at radius 1 is 1.24 bits per heavy atom. The third-order valence-electron chi connectivity index (χ3n) is 7.11. The Morgan fingerprint density at radius 3 is 2.66 bits per heavy atom. The zero-order valence-electron chi connectivity index (χ0n) is 21.5. The van der Waals surface area contributed by atoms with Crippen LogP contribution in [0.2, 0.25) is 0 Å². The Kier molecular flexibility index (Phi) is 7.49. The van der Waals surface area contributed by atoms with Crippen molar-refractivity contribution < 1.29 is 32.6 Å². The second-order valence-electron chi connectivity index (χ2n) is 10.5. The number of aromatic nitrogens is 2. The number of hydrogen-bond acceptors (Lipinski definition) is 6. The minimum Gasteiger partial charge on any atom is -0.453 e. The number of hydrogen-bond donors (Lipinski definition) is 1. The molecular formula is C27H32F2N4O5. The van der Waals surface area contributed by atoms with E-state index in [9.17, 15) is 18.4 Å². The molecular weight excluding hydrogens is 498 g/mol. The molecule has 3 heterocycles. The standard InChI is InChI=1S/C27H32F2N4O5/c1-27(2)36-16-19(38-27)14-32-11-10-23(31-32)30-26(35)22(12-17-6-3-4-7-17)33-15-18(13-24(33)34)37-25-20(28)8-5-9-21(25)29/h5,8-11,13,17,19,22H,3-4,6-7,12,14-16H2,1-2H3,(H,30,31,35). The number of nitrogens with zero attached hydrogens (tertiary/aromatic N) is 3. The fraction of sp³-hybridized carbons (Fsp3) is 0.519. The lowest BCUT2D eigenvalue weighted by atomic mass is 9.96. The number of rotatable bonds is 9. The fourth-order valence-corrected chi connectivity index (χ4v) is 5.29. The van der Waals surface area contributed by atoms with Gasteiger partial charge in [0.1, 0.15) is 17.9 Å². The van der Waals surface area contributed by atoms with Crippen molar-refractivity contribution in [3.8, 4) is 5.75 Å². The van der Waals surface area contributed by atoms with Crippen LogP contribution in [0.15, 0.2) is 42.3 Å². The molecule has 1 saturated carbocycles. The maximum absolute atomic E-state index is 14.1. The van der Waals surface area contributed by atoms with Gasteiger partial charge in [0, 0.05) is 18.3 Å². The molecule has 1 aromatic heterocycles. The molecule has 2 atom stereocenters. The average Bonchev–Trinajstić information content (AvgIpc) is 3.65. The van der Waals surface area contributed by atoms with Crippen LogP contribution in [0, 0.1) is 17.6 Å². The zero-order valence-corrected chi connectivity index (χ0v) is 21.5. The highest BCUT2D eigenvalue weighted by Gasteiger charge is 2.37. The van der Waals surface area contributed by atoms with Gasteiger partial charge in [0.25, 0.3) is 5.91 Å². The third kappa shape index (κ3) is 6.05. The van der Waals surface area contributed by atoms with Crippen LogP contribution in [-0.2, 0) is 25.6 Å². The number of amides is 2. The first-order valence-corrected chi connectivity index (χ1v) is 13.0. The second-order valence-corrected chi connectivity index (χ2v) is 10.5. The molecule has 2 fully saturated rings. The topological polar surface area (TPSA) is 94.9 Å². The summed E-state index contributed by atoms with van der Waals surface area (Å²) in [6.45, 7) is 4.55. The molecule has 1 aliphatic carbocycles. The summed E-state index contributed by atoms with van der Waals surface area (Å²) in [5, 5.41) is 7.27. The first kappa shape index (κ1) is 26.3. The minimum atomic E-state index is -0.870. The summed E-state index contributed by atoms with van der Waals surface area (Å²) in [5.41, 5.74) is 0.